The van der Waals surface area contributed by atoms with Gasteiger partial charge in [-0.25, -0.2) is 13.8 Å². The highest BCUT2D eigenvalue weighted by Gasteiger charge is 2.32. The topological polar surface area (TPSA) is 59.4 Å². The Balaban J connectivity index is 1.94. The standard InChI is InChI=1S/C25H26BrF2NO3/c1-24(2,3)32-22(30)14-17(11-16-12-18(27)15-19(28)13-16)23-21(26)6-5-20(29-23)7-10-25(31)8-4-9-25/h5-6,12-13,15,17,31H,4,8-9,11,14H2,1-3H3/t17-/m1/s1. The van der Waals surface area contributed by atoms with E-state index >= 15 is 0 Å². The van der Waals surface area contributed by atoms with Gasteiger partial charge in [-0.05, 0) is 98.1 Å². The molecule has 0 amide bonds. The maximum atomic E-state index is 13.8. The van der Waals surface area contributed by atoms with Crippen LogP contribution in [0.1, 0.15) is 69.3 Å². The van der Waals surface area contributed by atoms with Gasteiger partial charge < -0.3 is 9.84 Å². The average molecular weight is 506 g/mol. The van der Waals surface area contributed by atoms with E-state index in [1.165, 1.54) is 12.1 Å². The number of hydrogen-bond acceptors (Lipinski definition) is 4. The Morgan fingerprint density at radius 2 is 1.91 bits per heavy atom. The summed E-state index contributed by atoms with van der Waals surface area (Å²) in [4.78, 5) is 17.2. The van der Waals surface area contributed by atoms with Crippen molar-refractivity contribution in [2.75, 3.05) is 0 Å². The molecule has 0 unspecified atom stereocenters. The molecular formula is C25H26BrF2NO3. The fraction of sp³-hybridized carbons (Fsp3) is 0.440. The predicted molar refractivity (Wildman–Crippen MR) is 121 cm³/mol. The van der Waals surface area contributed by atoms with Crippen molar-refractivity contribution < 1.29 is 23.4 Å². The minimum atomic E-state index is -0.968. The van der Waals surface area contributed by atoms with E-state index in [2.05, 4.69) is 32.8 Å². The molecule has 2 aromatic rings. The normalized spacial score (nSPS) is 15.8. The molecule has 0 aliphatic heterocycles. The number of pyridine rings is 1. The second-order valence-electron chi connectivity index (χ2n) is 9.17. The van der Waals surface area contributed by atoms with Crippen LogP contribution in [-0.4, -0.2) is 27.3 Å². The van der Waals surface area contributed by atoms with Gasteiger partial charge in [-0.1, -0.05) is 5.92 Å². The number of carbonyl (C=O) groups is 1. The number of rotatable bonds is 5. The molecule has 7 heteroatoms. The summed E-state index contributed by atoms with van der Waals surface area (Å²) in [6.07, 6.45) is 2.36. The van der Waals surface area contributed by atoms with E-state index in [9.17, 15) is 18.7 Å². The fourth-order valence-electron chi connectivity index (χ4n) is 3.49. The van der Waals surface area contributed by atoms with E-state index in [0.717, 1.165) is 12.5 Å². The Bertz CT molecular complexity index is 1040. The van der Waals surface area contributed by atoms with Gasteiger partial charge in [-0.15, -0.1) is 0 Å². The second kappa shape index (κ2) is 9.68. The molecule has 1 aromatic heterocycles. The average Bonchev–Trinajstić information content (AvgIpc) is 2.63. The van der Waals surface area contributed by atoms with E-state index in [-0.39, 0.29) is 12.8 Å². The molecule has 0 saturated heterocycles. The molecule has 4 nitrogen and oxygen atoms in total. The highest BCUT2D eigenvalue weighted by atomic mass is 79.9. The molecule has 170 valence electrons. The molecule has 0 radical (unpaired) electrons. The molecule has 1 aliphatic rings. The van der Waals surface area contributed by atoms with Crippen LogP contribution in [0.5, 0.6) is 0 Å². The van der Waals surface area contributed by atoms with Crippen LogP contribution in [0.15, 0.2) is 34.8 Å². The molecule has 1 aliphatic carbocycles. The molecule has 1 N–H and O–H groups in total. The summed E-state index contributed by atoms with van der Waals surface area (Å²) in [5.74, 6) is 3.48. The van der Waals surface area contributed by atoms with E-state index in [1.54, 1.807) is 32.9 Å². The summed E-state index contributed by atoms with van der Waals surface area (Å²) in [5.41, 5.74) is -0.242. The third-order valence-electron chi connectivity index (χ3n) is 5.10. The fourth-order valence-corrected chi connectivity index (χ4v) is 4.04. The molecule has 1 saturated carbocycles. The lowest BCUT2D eigenvalue weighted by atomic mass is 9.81. The van der Waals surface area contributed by atoms with Gasteiger partial charge >= 0.3 is 5.97 Å². The summed E-state index contributed by atoms with van der Waals surface area (Å²) in [7, 11) is 0. The Labute approximate surface area is 195 Å². The van der Waals surface area contributed by atoms with Gasteiger partial charge in [0, 0.05) is 16.5 Å². The van der Waals surface area contributed by atoms with Crippen LogP contribution in [-0.2, 0) is 16.0 Å². The number of nitrogens with zero attached hydrogens (tertiary/aromatic N) is 1. The van der Waals surface area contributed by atoms with E-state index in [4.69, 9.17) is 4.74 Å². The number of hydrogen-bond donors (Lipinski definition) is 1. The number of esters is 1. The van der Waals surface area contributed by atoms with Crippen molar-refractivity contribution in [3.63, 3.8) is 0 Å². The summed E-state index contributed by atoms with van der Waals surface area (Å²) in [6.45, 7) is 5.33. The Hall–Kier alpha value is -2.30. The van der Waals surface area contributed by atoms with E-state index < -0.39 is 34.7 Å². The Kier molecular flexibility index (Phi) is 7.36. The third-order valence-corrected chi connectivity index (χ3v) is 5.77. The van der Waals surface area contributed by atoms with Crippen LogP contribution in [0.3, 0.4) is 0 Å². The number of aliphatic hydroxyl groups is 1. The van der Waals surface area contributed by atoms with Crippen LogP contribution in [0.4, 0.5) is 8.78 Å². The maximum Gasteiger partial charge on any atom is 0.306 e. The van der Waals surface area contributed by atoms with Crippen LogP contribution >= 0.6 is 15.9 Å². The lowest BCUT2D eigenvalue weighted by Crippen LogP contribution is -2.34. The van der Waals surface area contributed by atoms with Crippen molar-refractivity contribution in [1.82, 2.24) is 4.98 Å². The first-order chi connectivity index (χ1) is 14.9. The molecule has 1 fully saturated rings. The van der Waals surface area contributed by atoms with Crippen LogP contribution < -0.4 is 0 Å². The predicted octanol–water partition coefficient (Wildman–Crippen LogP) is 5.45. The first-order valence-corrected chi connectivity index (χ1v) is 11.3. The Morgan fingerprint density at radius 1 is 1.25 bits per heavy atom. The second-order valence-corrected chi connectivity index (χ2v) is 10.0. The van der Waals surface area contributed by atoms with Gasteiger partial charge in [0.1, 0.15) is 28.5 Å². The SMILES string of the molecule is CC(C)(C)OC(=O)C[C@@H](Cc1cc(F)cc(F)c1)c1nc(C#CC2(O)CCC2)ccc1Br. The zero-order valence-corrected chi connectivity index (χ0v) is 19.9. The van der Waals surface area contributed by atoms with Crippen molar-refractivity contribution >= 4 is 21.9 Å². The third kappa shape index (κ3) is 6.85. The molecule has 1 aromatic carbocycles. The van der Waals surface area contributed by atoms with E-state index in [0.29, 0.717) is 34.3 Å². The van der Waals surface area contributed by atoms with Gasteiger partial charge in [0.05, 0.1) is 12.1 Å². The van der Waals surface area contributed by atoms with Crippen molar-refractivity contribution in [3.05, 3.63) is 63.4 Å². The zero-order chi connectivity index (χ0) is 23.5. The van der Waals surface area contributed by atoms with Crippen molar-refractivity contribution in [3.8, 4) is 11.8 Å². The lowest BCUT2D eigenvalue weighted by Gasteiger charge is -2.30. The van der Waals surface area contributed by atoms with Gasteiger partial charge in [0.15, 0.2) is 0 Å². The zero-order valence-electron chi connectivity index (χ0n) is 18.3. The first kappa shape index (κ1) is 24.3. The number of benzene rings is 1. The van der Waals surface area contributed by atoms with Crippen LogP contribution in [0.25, 0.3) is 0 Å². The van der Waals surface area contributed by atoms with E-state index in [1.807, 2.05) is 0 Å². The number of ether oxygens (including phenoxy) is 1. The molecule has 32 heavy (non-hydrogen) atoms. The highest BCUT2D eigenvalue weighted by molar-refractivity contribution is 9.10. The molecular weight excluding hydrogens is 480 g/mol. The van der Waals surface area contributed by atoms with Crippen LogP contribution in [0.2, 0.25) is 0 Å². The number of aromatic nitrogens is 1. The molecule has 1 atom stereocenters. The van der Waals surface area contributed by atoms with Gasteiger partial charge in [0.25, 0.3) is 0 Å². The Morgan fingerprint density at radius 3 is 2.47 bits per heavy atom. The molecule has 3 rings (SSSR count). The number of halogens is 3. The quantitative estimate of drug-likeness (QED) is 0.433. The largest absolute Gasteiger partial charge is 0.460 e. The van der Waals surface area contributed by atoms with Gasteiger partial charge in [-0.2, -0.15) is 0 Å². The highest BCUT2D eigenvalue weighted by Crippen LogP contribution is 2.32. The smallest absolute Gasteiger partial charge is 0.306 e. The van der Waals surface area contributed by atoms with Crippen molar-refractivity contribution in [1.29, 1.82) is 0 Å². The van der Waals surface area contributed by atoms with Gasteiger partial charge in [-0.3, -0.25) is 4.79 Å². The lowest BCUT2D eigenvalue weighted by molar-refractivity contribution is -0.155. The maximum absolute atomic E-state index is 13.8. The molecule has 1 heterocycles. The molecule has 0 spiro atoms. The van der Waals surface area contributed by atoms with Crippen LogP contribution in [0, 0.1) is 23.5 Å². The minimum Gasteiger partial charge on any atom is -0.460 e. The first-order valence-electron chi connectivity index (χ1n) is 10.5. The summed E-state index contributed by atoms with van der Waals surface area (Å²) in [5, 5.41) is 10.2. The summed E-state index contributed by atoms with van der Waals surface area (Å²) in [6, 6.07) is 6.78. The van der Waals surface area contributed by atoms with Crippen molar-refractivity contribution in [2.24, 2.45) is 0 Å². The molecule has 0 bridgehead atoms. The van der Waals surface area contributed by atoms with Gasteiger partial charge in [0.2, 0.25) is 0 Å². The number of carbonyl (C=O) groups excluding carboxylic acids is 1. The summed E-state index contributed by atoms with van der Waals surface area (Å²) >= 11 is 3.48. The summed E-state index contributed by atoms with van der Waals surface area (Å²) < 4.78 is 33.6. The van der Waals surface area contributed by atoms with Crippen molar-refractivity contribution in [2.45, 2.75) is 70.0 Å². The monoisotopic (exact) mass is 505 g/mol. The minimum absolute atomic E-state index is 0.0260.